The summed E-state index contributed by atoms with van der Waals surface area (Å²) in [7, 11) is 0. The molecule has 0 aliphatic carbocycles. The summed E-state index contributed by atoms with van der Waals surface area (Å²) < 4.78 is 40.4. The number of hydrogen-bond acceptors (Lipinski definition) is 2. The lowest BCUT2D eigenvalue weighted by Crippen LogP contribution is -2.62. The molecule has 1 N–H and O–H groups in total. The van der Waals surface area contributed by atoms with E-state index in [2.05, 4.69) is 0 Å². The van der Waals surface area contributed by atoms with E-state index in [1.165, 1.54) is 4.90 Å². The van der Waals surface area contributed by atoms with Crippen LogP contribution < -0.4 is 0 Å². The average Bonchev–Trinajstić information content (AvgIpc) is 2.53. The maximum Gasteiger partial charge on any atom is 0.407 e. The number of hydrogen-bond donors (Lipinski definition) is 1. The molecule has 0 spiro atoms. The summed E-state index contributed by atoms with van der Waals surface area (Å²) in [6, 6.07) is -0.320. The third kappa shape index (κ3) is 2.51. The van der Waals surface area contributed by atoms with Crippen LogP contribution >= 0.6 is 0 Å². The molecule has 1 unspecified atom stereocenters. The summed E-state index contributed by atoms with van der Waals surface area (Å²) in [6.45, 7) is 1.52. The van der Waals surface area contributed by atoms with Crippen LogP contribution in [0.4, 0.5) is 18.0 Å². The molecule has 8 heteroatoms. The maximum atomic E-state index is 13.6. The van der Waals surface area contributed by atoms with Crippen LogP contribution in [0.15, 0.2) is 24.3 Å². The Hall–Kier alpha value is -2.51. The van der Waals surface area contributed by atoms with Crippen LogP contribution in [-0.4, -0.2) is 45.5 Å². The highest BCUT2D eigenvalue weighted by Gasteiger charge is 2.44. The van der Waals surface area contributed by atoms with E-state index < -0.39 is 41.7 Å². The maximum absolute atomic E-state index is 13.6. The SMILES string of the molecule is CC1[C@@H]2C=CCC(=O)N2[C@H](c2cc(F)c(F)c(F)c2)CN1C(=O)O. The Labute approximate surface area is 136 Å². The standard InChI is InChI=1S/C16H15F3N2O3/c1-8-12-3-2-4-14(22)21(12)13(7-20(8)16(23)24)9-5-10(17)15(19)11(18)6-9/h2-3,5-6,8,12-13H,4,7H2,1H3,(H,23,24)/t8?,12-,13-/m0/s1. The Morgan fingerprint density at radius 3 is 2.46 bits per heavy atom. The number of halogens is 3. The average molecular weight is 340 g/mol. The first kappa shape index (κ1) is 16.4. The number of benzene rings is 1. The minimum atomic E-state index is -1.60. The molecule has 2 aliphatic rings. The van der Waals surface area contributed by atoms with Crippen LogP contribution in [-0.2, 0) is 4.79 Å². The largest absolute Gasteiger partial charge is 0.465 e. The number of fused-ring (bicyclic) bond motifs is 1. The Bertz CT molecular complexity index is 714. The molecule has 2 heterocycles. The van der Waals surface area contributed by atoms with Gasteiger partial charge in [0, 0.05) is 13.0 Å². The molecule has 3 rings (SSSR count). The number of rotatable bonds is 1. The van der Waals surface area contributed by atoms with Crippen molar-refractivity contribution in [1.82, 2.24) is 9.80 Å². The van der Waals surface area contributed by atoms with Gasteiger partial charge in [-0.05, 0) is 24.6 Å². The molecular formula is C16H15F3N2O3. The van der Waals surface area contributed by atoms with Gasteiger partial charge in [-0.15, -0.1) is 0 Å². The monoisotopic (exact) mass is 340 g/mol. The zero-order valence-corrected chi connectivity index (χ0v) is 12.7. The molecule has 0 aromatic heterocycles. The van der Waals surface area contributed by atoms with Crippen molar-refractivity contribution in [2.75, 3.05) is 6.54 Å². The third-order valence-electron chi connectivity index (χ3n) is 4.56. The number of carboxylic acid groups (broad SMARTS) is 1. The predicted molar refractivity (Wildman–Crippen MR) is 77.6 cm³/mol. The molecule has 2 aliphatic heterocycles. The molecular weight excluding hydrogens is 325 g/mol. The first-order valence-electron chi connectivity index (χ1n) is 7.43. The zero-order valence-electron chi connectivity index (χ0n) is 12.7. The lowest BCUT2D eigenvalue weighted by atomic mass is 9.91. The van der Waals surface area contributed by atoms with Gasteiger partial charge in [-0.25, -0.2) is 18.0 Å². The molecule has 5 nitrogen and oxygen atoms in total. The summed E-state index contributed by atoms with van der Waals surface area (Å²) >= 11 is 0. The number of carbonyl (C=O) groups is 2. The molecule has 128 valence electrons. The van der Waals surface area contributed by atoms with Gasteiger partial charge in [0.15, 0.2) is 17.5 Å². The topological polar surface area (TPSA) is 60.9 Å². The van der Waals surface area contributed by atoms with Crippen molar-refractivity contribution in [3.63, 3.8) is 0 Å². The second-order valence-corrected chi connectivity index (χ2v) is 5.91. The molecule has 24 heavy (non-hydrogen) atoms. The van der Waals surface area contributed by atoms with Crippen molar-refractivity contribution in [1.29, 1.82) is 0 Å². The fourth-order valence-electron chi connectivity index (χ4n) is 3.36. The number of nitrogens with zero attached hydrogens (tertiary/aromatic N) is 2. The van der Waals surface area contributed by atoms with Crippen LogP contribution in [0, 0.1) is 17.5 Å². The van der Waals surface area contributed by atoms with E-state index in [4.69, 9.17) is 0 Å². The van der Waals surface area contributed by atoms with Crippen LogP contribution in [0.25, 0.3) is 0 Å². The van der Waals surface area contributed by atoms with Crippen LogP contribution in [0.1, 0.15) is 24.9 Å². The van der Waals surface area contributed by atoms with Gasteiger partial charge in [0.05, 0.1) is 18.1 Å². The van der Waals surface area contributed by atoms with E-state index in [0.717, 1.165) is 17.0 Å². The molecule has 0 saturated carbocycles. The smallest absolute Gasteiger partial charge is 0.407 e. The van der Waals surface area contributed by atoms with Gasteiger partial charge in [-0.1, -0.05) is 12.2 Å². The van der Waals surface area contributed by atoms with Crippen molar-refractivity contribution < 1.29 is 27.9 Å². The molecule has 0 bridgehead atoms. The quantitative estimate of drug-likeness (QED) is 0.632. The van der Waals surface area contributed by atoms with E-state index in [1.54, 1.807) is 19.1 Å². The summed E-state index contributed by atoms with van der Waals surface area (Å²) in [5.74, 6) is -4.61. The molecule has 2 amide bonds. The lowest BCUT2D eigenvalue weighted by Gasteiger charge is -2.50. The van der Waals surface area contributed by atoms with E-state index in [-0.39, 0.29) is 24.4 Å². The lowest BCUT2D eigenvalue weighted by molar-refractivity contribution is -0.140. The Balaban J connectivity index is 2.08. The highest BCUT2D eigenvalue weighted by atomic mass is 19.2. The predicted octanol–water partition coefficient (Wildman–Crippen LogP) is 2.68. The van der Waals surface area contributed by atoms with Crippen molar-refractivity contribution in [2.45, 2.75) is 31.5 Å². The van der Waals surface area contributed by atoms with Crippen LogP contribution in [0.5, 0.6) is 0 Å². The highest BCUT2D eigenvalue weighted by molar-refractivity contribution is 5.81. The highest BCUT2D eigenvalue weighted by Crippen LogP contribution is 2.36. The van der Waals surface area contributed by atoms with Crippen molar-refractivity contribution in [3.8, 4) is 0 Å². The third-order valence-corrected chi connectivity index (χ3v) is 4.56. The number of piperazine rings is 1. The summed E-state index contributed by atoms with van der Waals surface area (Å²) in [6.07, 6.45) is 2.29. The number of carbonyl (C=O) groups excluding carboxylic acids is 1. The molecule has 0 radical (unpaired) electrons. The van der Waals surface area contributed by atoms with Gasteiger partial charge in [-0.2, -0.15) is 0 Å². The second-order valence-electron chi connectivity index (χ2n) is 5.91. The minimum absolute atomic E-state index is 0.0261. The summed E-state index contributed by atoms with van der Waals surface area (Å²) in [4.78, 5) is 26.3. The Morgan fingerprint density at radius 1 is 1.25 bits per heavy atom. The van der Waals surface area contributed by atoms with Crippen LogP contribution in [0.3, 0.4) is 0 Å². The van der Waals surface area contributed by atoms with E-state index in [0.29, 0.717) is 0 Å². The van der Waals surface area contributed by atoms with Gasteiger partial charge < -0.3 is 14.9 Å². The van der Waals surface area contributed by atoms with Crippen LogP contribution in [0.2, 0.25) is 0 Å². The minimum Gasteiger partial charge on any atom is -0.465 e. The van der Waals surface area contributed by atoms with Gasteiger partial charge in [0.2, 0.25) is 5.91 Å². The van der Waals surface area contributed by atoms with Crippen molar-refractivity contribution in [3.05, 3.63) is 47.3 Å². The normalized spacial score (nSPS) is 26.5. The summed E-state index contributed by atoms with van der Waals surface area (Å²) in [5, 5.41) is 9.37. The first-order valence-corrected chi connectivity index (χ1v) is 7.43. The summed E-state index contributed by atoms with van der Waals surface area (Å²) in [5.41, 5.74) is 0.0261. The molecule has 3 atom stereocenters. The fraction of sp³-hybridized carbons (Fsp3) is 0.375. The molecule has 1 aromatic carbocycles. The Kier molecular flexibility index (Phi) is 3.98. The van der Waals surface area contributed by atoms with E-state index in [9.17, 15) is 27.9 Å². The molecule has 1 aromatic rings. The number of amides is 2. The first-order chi connectivity index (χ1) is 11.3. The second kappa shape index (κ2) is 5.85. The van der Waals surface area contributed by atoms with E-state index in [1.807, 2.05) is 0 Å². The molecule has 1 saturated heterocycles. The van der Waals surface area contributed by atoms with Gasteiger partial charge in [0.25, 0.3) is 0 Å². The van der Waals surface area contributed by atoms with Gasteiger partial charge >= 0.3 is 6.09 Å². The Morgan fingerprint density at radius 2 is 1.88 bits per heavy atom. The van der Waals surface area contributed by atoms with Gasteiger partial charge in [-0.3, -0.25) is 4.79 Å². The van der Waals surface area contributed by atoms with Gasteiger partial charge in [0.1, 0.15) is 0 Å². The van der Waals surface area contributed by atoms with Crippen molar-refractivity contribution in [2.24, 2.45) is 0 Å². The molecule has 1 fully saturated rings. The zero-order chi connectivity index (χ0) is 17.6. The fourth-order valence-corrected chi connectivity index (χ4v) is 3.36. The van der Waals surface area contributed by atoms with Crippen molar-refractivity contribution >= 4 is 12.0 Å². The van der Waals surface area contributed by atoms with E-state index >= 15 is 0 Å².